The molecule has 1 heterocycles. The third kappa shape index (κ3) is 4.58. The van der Waals surface area contributed by atoms with Gasteiger partial charge in [0.1, 0.15) is 0 Å². The van der Waals surface area contributed by atoms with Gasteiger partial charge in [0, 0.05) is 25.7 Å². The molecule has 1 fully saturated rings. The number of hydrogen-bond donors (Lipinski definition) is 1. The molecule has 20 heavy (non-hydrogen) atoms. The van der Waals surface area contributed by atoms with Crippen LogP contribution in [0, 0.1) is 0 Å². The van der Waals surface area contributed by atoms with Crippen LogP contribution in [0.3, 0.4) is 0 Å². The van der Waals surface area contributed by atoms with E-state index in [9.17, 15) is 0 Å². The van der Waals surface area contributed by atoms with Crippen LogP contribution in [0.15, 0.2) is 24.3 Å². The monoisotopic (exact) mass is 276 g/mol. The van der Waals surface area contributed by atoms with E-state index in [1.807, 2.05) is 0 Å². The molecule has 1 N–H and O–H groups in total. The minimum absolute atomic E-state index is 0.430. The lowest BCUT2D eigenvalue weighted by molar-refractivity contribution is 0.0334. The van der Waals surface area contributed by atoms with Crippen molar-refractivity contribution in [2.45, 2.75) is 32.7 Å². The van der Waals surface area contributed by atoms with Crippen LogP contribution in [0.1, 0.15) is 37.4 Å². The molecule has 0 bridgehead atoms. The summed E-state index contributed by atoms with van der Waals surface area (Å²) in [6.07, 6.45) is 2.28. The Balaban J connectivity index is 2.00. The van der Waals surface area contributed by atoms with Gasteiger partial charge in [0.05, 0.1) is 13.2 Å². The fourth-order valence-electron chi connectivity index (χ4n) is 2.63. The van der Waals surface area contributed by atoms with Crippen LogP contribution in [0.2, 0.25) is 0 Å². The summed E-state index contributed by atoms with van der Waals surface area (Å²) in [5.41, 5.74) is 2.82. The topological polar surface area (TPSA) is 24.5 Å². The Hall–Kier alpha value is -0.900. The molecular formula is C17H28N2O. The number of aryl methyl sites for hydroxylation is 1. The zero-order valence-electron chi connectivity index (χ0n) is 12.9. The van der Waals surface area contributed by atoms with Crippen molar-refractivity contribution in [2.24, 2.45) is 0 Å². The van der Waals surface area contributed by atoms with Crippen LogP contribution in [0.25, 0.3) is 0 Å². The molecule has 3 nitrogen and oxygen atoms in total. The number of ether oxygens (including phenoxy) is 1. The molecule has 1 aromatic rings. The van der Waals surface area contributed by atoms with E-state index in [0.29, 0.717) is 6.04 Å². The summed E-state index contributed by atoms with van der Waals surface area (Å²) in [5.74, 6) is 0. The molecule has 1 unspecified atom stereocenters. The average Bonchev–Trinajstić information content (AvgIpc) is 2.52. The normalized spacial score (nSPS) is 18.1. The highest BCUT2D eigenvalue weighted by Gasteiger charge is 2.17. The van der Waals surface area contributed by atoms with Crippen molar-refractivity contribution in [3.05, 3.63) is 35.4 Å². The predicted octanol–water partition coefficient (Wildman–Crippen LogP) is 2.62. The maximum Gasteiger partial charge on any atom is 0.0594 e. The number of benzene rings is 1. The Morgan fingerprint density at radius 1 is 1.15 bits per heavy atom. The van der Waals surface area contributed by atoms with E-state index >= 15 is 0 Å². The maximum absolute atomic E-state index is 5.44. The van der Waals surface area contributed by atoms with Crippen molar-refractivity contribution in [3.8, 4) is 0 Å². The summed E-state index contributed by atoms with van der Waals surface area (Å²) in [4.78, 5) is 2.50. The lowest BCUT2D eigenvalue weighted by atomic mass is 10.0. The van der Waals surface area contributed by atoms with Gasteiger partial charge in [-0.1, -0.05) is 38.1 Å². The largest absolute Gasteiger partial charge is 0.379 e. The van der Waals surface area contributed by atoms with Gasteiger partial charge < -0.3 is 10.1 Å². The second-order valence-corrected chi connectivity index (χ2v) is 5.51. The zero-order valence-corrected chi connectivity index (χ0v) is 12.9. The van der Waals surface area contributed by atoms with Crippen molar-refractivity contribution < 1.29 is 4.74 Å². The van der Waals surface area contributed by atoms with Gasteiger partial charge in [-0.05, 0) is 30.5 Å². The molecule has 112 valence electrons. The van der Waals surface area contributed by atoms with Gasteiger partial charge in [0.25, 0.3) is 0 Å². The SMILES string of the molecule is CCCNC(CN1CCOCC1)c1ccc(CC)cc1. The van der Waals surface area contributed by atoms with E-state index in [4.69, 9.17) is 4.74 Å². The van der Waals surface area contributed by atoms with Crippen LogP contribution < -0.4 is 5.32 Å². The molecule has 1 aliphatic heterocycles. The van der Waals surface area contributed by atoms with Gasteiger partial charge >= 0.3 is 0 Å². The molecule has 0 saturated carbocycles. The molecule has 0 radical (unpaired) electrons. The smallest absolute Gasteiger partial charge is 0.0594 e. The van der Waals surface area contributed by atoms with Crippen molar-refractivity contribution in [3.63, 3.8) is 0 Å². The fraction of sp³-hybridized carbons (Fsp3) is 0.647. The number of nitrogens with zero attached hydrogens (tertiary/aromatic N) is 1. The van der Waals surface area contributed by atoms with Crippen LogP contribution >= 0.6 is 0 Å². The first-order valence-electron chi connectivity index (χ1n) is 7.95. The Morgan fingerprint density at radius 2 is 1.85 bits per heavy atom. The van der Waals surface area contributed by atoms with Crippen molar-refractivity contribution in [2.75, 3.05) is 39.4 Å². The van der Waals surface area contributed by atoms with Gasteiger partial charge in [-0.3, -0.25) is 4.90 Å². The van der Waals surface area contributed by atoms with E-state index < -0.39 is 0 Å². The quantitative estimate of drug-likeness (QED) is 0.828. The van der Waals surface area contributed by atoms with Gasteiger partial charge in [-0.15, -0.1) is 0 Å². The Morgan fingerprint density at radius 3 is 2.45 bits per heavy atom. The molecule has 0 aliphatic carbocycles. The predicted molar refractivity (Wildman–Crippen MR) is 84.1 cm³/mol. The van der Waals surface area contributed by atoms with Crippen LogP contribution in [0.4, 0.5) is 0 Å². The maximum atomic E-state index is 5.44. The van der Waals surface area contributed by atoms with E-state index in [-0.39, 0.29) is 0 Å². The van der Waals surface area contributed by atoms with E-state index in [1.165, 1.54) is 17.5 Å². The van der Waals surface area contributed by atoms with E-state index in [1.54, 1.807) is 0 Å². The summed E-state index contributed by atoms with van der Waals surface area (Å²) < 4.78 is 5.44. The average molecular weight is 276 g/mol. The van der Waals surface area contributed by atoms with E-state index in [2.05, 4.69) is 48.3 Å². The van der Waals surface area contributed by atoms with Gasteiger partial charge in [0.15, 0.2) is 0 Å². The third-order valence-corrected chi connectivity index (χ3v) is 3.98. The number of nitrogens with one attached hydrogen (secondary N) is 1. The highest BCUT2D eigenvalue weighted by molar-refractivity contribution is 5.25. The molecule has 0 amide bonds. The van der Waals surface area contributed by atoms with Gasteiger partial charge in [0.2, 0.25) is 0 Å². The van der Waals surface area contributed by atoms with Crippen LogP contribution in [0.5, 0.6) is 0 Å². The number of hydrogen-bond acceptors (Lipinski definition) is 3. The lowest BCUT2D eigenvalue weighted by Gasteiger charge is -2.31. The second kappa shape index (κ2) is 8.40. The van der Waals surface area contributed by atoms with Crippen molar-refractivity contribution in [1.29, 1.82) is 0 Å². The van der Waals surface area contributed by atoms with Crippen molar-refractivity contribution >= 4 is 0 Å². The first-order chi connectivity index (χ1) is 9.83. The Bertz CT molecular complexity index is 371. The molecule has 1 atom stereocenters. The van der Waals surface area contributed by atoms with Crippen LogP contribution in [-0.4, -0.2) is 44.3 Å². The highest BCUT2D eigenvalue weighted by atomic mass is 16.5. The molecule has 1 aliphatic rings. The lowest BCUT2D eigenvalue weighted by Crippen LogP contribution is -2.42. The zero-order chi connectivity index (χ0) is 14.2. The van der Waals surface area contributed by atoms with Crippen molar-refractivity contribution in [1.82, 2.24) is 10.2 Å². The minimum Gasteiger partial charge on any atom is -0.379 e. The summed E-state index contributed by atoms with van der Waals surface area (Å²) >= 11 is 0. The first kappa shape index (κ1) is 15.5. The minimum atomic E-state index is 0.430. The van der Waals surface area contributed by atoms with Crippen LogP contribution in [-0.2, 0) is 11.2 Å². The van der Waals surface area contributed by atoms with E-state index in [0.717, 1.165) is 45.8 Å². The highest BCUT2D eigenvalue weighted by Crippen LogP contribution is 2.17. The molecule has 1 aromatic carbocycles. The third-order valence-electron chi connectivity index (χ3n) is 3.98. The summed E-state index contributed by atoms with van der Waals surface area (Å²) in [7, 11) is 0. The Labute approximate surface area is 123 Å². The molecule has 3 heteroatoms. The standard InChI is InChI=1S/C17H28N2O/c1-3-9-18-17(14-19-10-12-20-13-11-19)16-7-5-15(4-2)6-8-16/h5-8,17-18H,3-4,9-14H2,1-2H3. The fourth-order valence-corrected chi connectivity index (χ4v) is 2.63. The Kier molecular flexibility index (Phi) is 6.51. The summed E-state index contributed by atoms with van der Waals surface area (Å²) in [6, 6.07) is 9.52. The molecule has 0 aromatic heterocycles. The first-order valence-corrected chi connectivity index (χ1v) is 7.95. The summed E-state index contributed by atoms with van der Waals surface area (Å²) in [5, 5.41) is 3.69. The van der Waals surface area contributed by atoms with Gasteiger partial charge in [-0.25, -0.2) is 0 Å². The number of morpholine rings is 1. The summed E-state index contributed by atoms with van der Waals surface area (Å²) in [6.45, 7) is 10.4. The second-order valence-electron chi connectivity index (χ2n) is 5.51. The molecule has 1 saturated heterocycles. The molecule has 0 spiro atoms. The van der Waals surface area contributed by atoms with Gasteiger partial charge in [-0.2, -0.15) is 0 Å². The molecule has 2 rings (SSSR count). The number of rotatable bonds is 7. The molecular weight excluding hydrogens is 248 g/mol.